The molecule has 1 unspecified atom stereocenters. The molecule has 0 aromatic heterocycles. The van der Waals surface area contributed by atoms with E-state index in [0.717, 1.165) is 12.8 Å². The van der Waals surface area contributed by atoms with Crippen LogP contribution < -0.4 is 10.6 Å². The summed E-state index contributed by atoms with van der Waals surface area (Å²) in [5, 5.41) is 13.9. The topological polar surface area (TPSA) is 78.4 Å². The Bertz CT molecular complexity index is 207. The van der Waals surface area contributed by atoms with Gasteiger partial charge in [-0.15, -0.1) is 0 Å². The van der Waals surface area contributed by atoms with Crippen molar-refractivity contribution in [3.8, 4) is 0 Å². The maximum atomic E-state index is 11.1. The third kappa shape index (κ3) is 9.21. The first-order valence-corrected chi connectivity index (χ1v) is 5.18. The molecule has 3 N–H and O–H groups in total. The van der Waals surface area contributed by atoms with Crippen LogP contribution in [0.4, 0.5) is 0 Å². The van der Waals surface area contributed by atoms with Crippen molar-refractivity contribution in [3.63, 3.8) is 0 Å². The largest absolute Gasteiger partial charge is 0.396 e. The average molecular weight is 216 g/mol. The third-order valence-corrected chi connectivity index (χ3v) is 2.01. The number of rotatable bonds is 7. The number of nitrogens with one attached hydrogen (secondary N) is 2. The standard InChI is InChI=1S/C10H20N2O3/c1-8(7-13)4-3-5-11-10(15)6-12-9(2)14/h8,13H,3-7H2,1-2H3,(H,11,15)(H,12,14). The normalized spacial score (nSPS) is 11.9. The predicted octanol–water partition coefficient (Wildman–Crippen LogP) is -0.353. The van der Waals surface area contributed by atoms with Crippen LogP contribution in [0.5, 0.6) is 0 Å². The Morgan fingerprint density at radius 1 is 1.33 bits per heavy atom. The molecule has 0 rings (SSSR count). The molecule has 0 fully saturated rings. The summed E-state index contributed by atoms with van der Waals surface area (Å²) in [5.74, 6) is -0.113. The van der Waals surface area contributed by atoms with Gasteiger partial charge in [0.05, 0.1) is 6.54 Å². The molecular formula is C10H20N2O3. The van der Waals surface area contributed by atoms with Crippen LogP contribution in [0.15, 0.2) is 0 Å². The van der Waals surface area contributed by atoms with Crippen molar-refractivity contribution in [2.45, 2.75) is 26.7 Å². The van der Waals surface area contributed by atoms with E-state index in [1.54, 1.807) is 0 Å². The molecule has 0 spiro atoms. The molecule has 88 valence electrons. The summed E-state index contributed by atoms with van der Waals surface area (Å²) in [6.07, 6.45) is 1.73. The molecule has 0 aromatic rings. The number of amides is 2. The summed E-state index contributed by atoms with van der Waals surface area (Å²) in [6.45, 7) is 4.13. The molecule has 0 heterocycles. The Labute approximate surface area is 90.2 Å². The zero-order valence-electron chi connectivity index (χ0n) is 9.38. The van der Waals surface area contributed by atoms with Gasteiger partial charge in [0.1, 0.15) is 0 Å². The van der Waals surface area contributed by atoms with Crippen LogP contribution in [0.2, 0.25) is 0 Å². The zero-order valence-corrected chi connectivity index (χ0v) is 9.38. The van der Waals surface area contributed by atoms with Gasteiger partial charge in [0.15, 0.2) is 0 Å². The summed E-state index contributed by atoms with van der Waals surface area (Å²) in [6, 6.07) is 0. The molecule has 0 saturated carbocycles. The predicted molar refractivity (Wildman–Crippen MR) is 57.2 cm³/mol. The zero-order chi connectivity index (χ0) is 11.7. The van der Waals surface area contributed by atoms with Crippen molar-refractivity contribution >= 4 is 11.8 Å². The Kier molecular flexibility index (Phi) is 7.62. The fourth-order valence-electron chi connectivity index (χ4n) is 1.04. The van der Waals surface area contributed by atoms with Gasteiger partial charge in [-0.05, 0) is 18.8 Å². The highest BCUT2D eigenvalue weighted by molar-refractivity contribution is 5.83. The minimum atomic E-state index is -0.209. The van der Waals surface area contributed by atoms with Crippen LogP contribution in [0, 0.1) is 5.92 Å². The Hall–Kier alpha value is -1.10. The second-order valence-electron chi connectivity index (χ2n) is 3.69. The van der Waals surface area contributed by atoms with Gasteiger partial charge in [-0.1, -0.05) is 6.92 Å². The SMILES string of the molecule is CC(=O)NCC(=O)NCCCC(C)CO. The monoisotopic (exact) mass is 216 g/mol. The van der Waals surface area contributed by atoms with Crippen molar-refractivity contribution in [2.24, 2.45) is 5.92 Å². The van der Waals surface area contributed by atoms with Gasteiger partial charge in [0.25, 0.3) is 0 Å². The lowest BCUT2D eigenvalue weighted by atomic mass is 10.1. The molecule has 1 atom stereocenters. The molecule has 0 radical (unpaired) electrons. The Balaban J connectivity index is 3.35. The maximum Gasteiger partial charge on any atom is 0.239 e. The number of hydrogen-bond donors (Lipinski definition) is 3. The van der Waals surface area contributed by atoms with Crippen molar-refractivity contribution in [1.29, 1.82) is 0 Å². The number of hydrogen-bond acceptors (Lipinski definition) is 3. The number of aliphatic hydroxyl groups is 1. The summed E-state index contributed by atoms with van der Waals surface area (Å²) in [4.78, 5) is 21.6. The fraction of sp³-hybridized carbons (Fsp3) is 0.800. The molecule has 0 aromatic carbocycles. The Morgan fingerprint density at radius 2 is 2.00 bits per heavy atom. The molecular weight excluding hydrogens is 196 g/mol. The van der Waals surface area contributed by atoms with Gasteiger partial charge in [0.2, 0.25) is 11.8 Å². The molecule has 2 amide bonds. The molecule has 15 heavy (non-hydrogen) atoms. The van der Waals surface area contributed by atoms with Gasteiger partial charge in [-0.3, -0.25) is 9.59 Å². The van der Waals surface area contributed by atoms with E-state index in [1.807, 2.05) is 6.92 Å². The molecule has 0 aliphatic carbocycles. The minimum absolute atomic E-state index is 0.0326. The van der Waals surface area contributed by atoms with Gasteiger partial charge < -0.3 is 15.7 Å². The van der Waals surface area contributed by atoms with Crippen LogP contribution in [0.25, 0.3) is 0 Å². The van der Waals surface area contributed by atoms with Crippen LogP contribution >= 0.6 is 0 Å². The highest BCUT2D eigenvalue weighted by Gasteiger charge is 2.02. The molecule has 0 aliphatic rings. The first kappa shape index (κ1) is 13.9. The quantitative estimate of drug-likeness (QED) is 0.509. The fourth-order valence-corrected chi connectivity index (χ4v) is 1.04. The second kappa shape index (κ2) is 8.23. The highest BCUT2D eigenvalue weighted by atomic mass is 16.3. The maximum absolute atomic E-state index is 11.1. The molecule has 5 nitrogen and oxygen atoms in total. The third-order valence-electron chi connectivity index (χ3n) is 2.01. The minimum Gasteiger partial charge on any atom is -0.396 e. The first-order valence-electron chi connectivity index (χ1n) is 5.18. The van der Waals surface area contributed by atoms with E-state index < -0.39 is 0 Å². The summed E-state index contributed by atoms with van der Waals surface area (Å²) in [5.41, 5.74) is 0. The van der Waals surface area contributed by atoms with E-state index in [2.05, 4.69) is 10.6 Å². The van der Waals surface area contributed by atoms with Crippen molar-refractivity contribution in [1.82, 2.24) is 10.6 Å². The lowest BCUT2D eigenvalue weighted by molar-refractivity contribution is -0.125. The van der Waals surface area contributed by atoms with E-state index in [4.69, 9.17) is 5.11 Å². The van der Waals surface area contributed by atoms with Crippen molar-refractivity contribution in [3.05, 3.63) is 0 Å². The number of carbonyl (C=O) groups excluding carboxylic acids is 2. The average Bonchev–Trinajstić information content (AvgIpc) is 2.21. The number of carbonyl (C=O) groups is 2. The molecule has 0 bridgehead atoms. The van der Waals surface area contributed by atoms with Crippen molar-refractivity contribution < 1.29 is 14.7 Å². The highest BCUT2D eigenvalue weighted by Crippen LogP contribution is 2.02. The lowest BCUT2D eigenvalue weighted by Gasteiger charge is -2.08. The van der Waals surface area contributed by atoms with E-state index in [9.17, 15) is 9.59 Å². The van der Waals surface area contributed by atoms with E-state index in [-0.39, 0.29) is 30.9 Å². The smallest absolute Gasteiger partial charge is 0.239 e. The van der Waals surface area contributed by atoms with E-state index >= 15 is 0 Å². The van der Waals surface area contributed by atoms with Gasteiger partial charge >= 0.3 is 0 Å². The van der Waals surface area contributed by atoms with Crippen LogP contribution in [0.3, 0.4) is 0 Å². The molecule has 5 heteroatoms. The molecule has 0 aliphatic heterocycles. The van der Waals surface area contributed by atoms with Gasteiger partial charge in [-0.2, -0.15) is 0 Å². The second-order valence-corrected chi connectivity index (χ2v) is 3.69. The first-order chi connectivity index (χ1) is 7.06. The van der Waals surface area contributed by atoms with Crippen molar-refractivity contribution in [2.75, 3.05) is 19.7 Å². The van der Waals surface area contributed by atoms with E-state index in [0.29, 0.717) is 6.54 Å². The van der Waals surface area contributed by atoms with Crippen LogP contribution in [0.1, 0.15) is 26.7 Å². The van der Waals surface area contributed by atoms with Crippen LogP contribution in [-0.2, 0) is 9.59 Å². The van der Waals surface area contributed by atoms with Crippen LogP contribution in [-0.4, -0.2) is 36.6 Å². The summed E-state index contributed by atoms with van der Waals surface area (Å²) < 4.78 is 0. The van der Waals surface area contributed by atoms with Gasteiger partial charge in [-0.25, -0.2) is 0 Å². The summed E-state index contributed by atoms with van der Waals surface area (Å²) >= 11 is 0. The lowest BCUT2D eigenvalue weighted by Crippen LogP contribution is -2.36. The number of aliphatic hydroxyl groups excluding tert-OH is 1. The van der Waals surface area contributed by atoms with Gasteiger partial charge in [0, 0.05) is 20.1 Å². The van der Waals surface area contributed by atoms with E-state index in [1.165, 1.54) is 6.92 Å². The molecule has 0 saturated heterocycles. The summed E-state index contributed by atoms with van der Waals surface area (Å²) in [7, 11) is 0. The Morgan fingerprint density at radius 3 is 2.53 bits per heavy atom.